The maximum Gasteiger partial charge on any atom is 0.269 e. The van der Waals surface area contributed by atoms with Crippen LogP contribution in [0.5, 0.6) is 0 Å². The van der Waals surface area contributed by atoms with Gasteiger partial charge in [0.15, 0.2) is 5.11 Å². The fourth-order valence-corrected chi connectivity index (χ4v) is 3.07. The molecule has 138 valence electrons. The van der Waals surface area contributed by atoms with E-state index in [1.807, 2.05) is 0 Å². The number of thiocarbonyl (C=S) groups is 1. The highest BCUT2D eigenvalue weighted by Crippen LogP contribution is 2.28. The van der Waals surface area contributed by atoms with Crippen LogP contribution in [0.3, 0.4) is 0 Å². The molecule has 0 spiro atoms. The Kier molecular flexibility index (Phi) is 5.13. The van der Waals surface area contributed by atoms with Gasteiger partial charge in [-0.05, 0) is 49.0 Å². The molecule has 1 atom stereocenters. The lowest BCUT2D eigenvalue weighted by atomic mass is 9.95. The number of nitrogens with one attached hydrogen (secondary N) is 3. The van der Waals surface area contributed by atoms with Gasteiger partial charge in [0.05, 0.1) is 16.5 Å². The third-order valence-corrected chi connectivity index (χ3v) is 4.25. The number of non-ortho nitro benzene ring substituents is 1. The molecule has 27 heavy (non-hydrogen) atoms. The summed E-state index contributed by atoms with van der Waals surface area (Å²) in [7, 11) is 0. The highest BCUT2D eigenvalue weighted by atomic mass is 32.1. The lowest BCUT2D eigenvalue weighted by Crippen LogP contribution is -2.45. The molecule has 0 aliphatic carbocycles. The maximum atomic E-state index is 13.6. The van der Waals surface area contributed by atoms with Gasteiger partial charge in [-0.1, -0.05) is 12.1 Å². The molecule has 0 unspecified atom stereocenters. The lowest BCUT2D eigenvalue weighted by Gasteiger charge is -2.30. The van der Waals surface area contributed by atoms with Gasteiger partial charge in [-0.15, -0.1) is 0 Å². The number of rotatable bonds is 4. The van der Waals surface area contributed by atoms with Crippen molar-refractivity contribution in [1.82, 2.24) is 10.6 Å². The molecule has 2 aromatic carbocycles. The number of anilines is 1. The molecule has 1 aliphatic rings. The van der Waals surface area contributed by atoms with Gasteiger partial charge in [0.2, 0.25) is 0 Å². The summed E-state index contributed by atoms with van der Waals surface area (Å²) in [4.78, 5) is 23.1. The number of halogens is 1. The Morgan fingerprint density at radius 3 is 2.59 bits per heavy atom. The first-order valence-electron chi connectivity index (χ1n) is 7.94. The van der Waals surface area contributed by atoms with Crippen LogP contribution in [-0.2, 0) is 4.79 Å². The average Bonchev–Trinajstić information content (AvgIpc) is 2.61. The third-order valence-electron chi connectivity index (χ3n) is 4.03. The maximum absolute atomic E-state index is 13.6. The quantitative estimate of drug-likeness (QED) is 0.424. The van der Waals surface area contributed by atoms with E-state index in [0.717, 1.165) is 0 Å². The Morgan fingerprint density at radius 1 is 1.26 bits per heavy atom. The average molecular weight is 386 g/mol. The van der Waals surface area contributed by atoms with Crippen molar-refractivity contribution < 1.29 is 14.1 Å². The van der Waals surface area contributed by atoms with Crippen LogP contribution in [0.2, 0.25) is 0 Å². The van der Waals surface area contributed by atoms with E-state index in [1.54, 1.807) is 19.1 Å². The van der Waals surface area contributed by atoms with Crippen LogP contribution in [0.4, 0.5) is 15.8 Å². The standard InChI is InChI=1S/C18H15FN4O3S/c1-10-15(17(24)21-13-5-7-14(8-6-13)23(25)26)16(22-18(27)20-10)11-3-2-4-12(19)9-11/h2-9,16H,1H3,(H,21,24)(H2,20,22,27)/t16-/m0/s1. The van der Waals surface area contributed by atoms with Crippen molar-refractivity contribution in [2.45, 2.75) is 13.0 Å². The molecule has 3 rings (SSSR count). The molecule has 0 fully saturated rings. The number of nitro groups is 1. The molecule has 1 aliphatic heterocycles. The normalized spacial score (nSPS) is 16.4. The zero-order chi connectivity index (χ0) is 19.6. The van der Waals surface area contributed by atoms with Crippen molar-refractivity contribution in [3.8, 4) is 0 Å². The van der Waals surface area contributed by atoms with E-state index in [9.17, 15) is 19.3 Å². The number of carbonyl (C=O) groups excluding carboxylic acids is 1. The minimum absolute atomic E-state index is 0.0765. The van der Waals surface area contributed by atoms with E-state index in [4.69, 9.17) is 12.2 Å². The van der Waals surface area contributed by atoms with Gasteiger partial charge in [-0.3, -0.25) is 14.9 Å². The van der Waals surface area contributed by atoms with E-state index in [1.165, 1.54) is 36.4 Å². The summed E-state index contributed by atoms with van der Waals surface area (Å²) in [5.41, 5.74) is 1.75. The van der Waals surface area contributed by atoms with Crippen LogP contribution in [-0.4, -0.2) is 15.9 Å². The summed E-state index contributed by atoms with van der Waals surface area (Å²) in [5, 5.41) is 19.6. The molecule has 0 saturated carbocycles. The Hall–Kier alpha value is -3.33. The molecule has 0 aromatic heterocycles. The third kappa shape index (κ3) is 4.09. The molecule has 7 nitrogen and oxygen atoms in total. The van der Waals surface area contributed by atoms with Crippen LogP contribution in [0.15, 0.2) is 59.8 Å². The second-order valence-corrected chi connectivity index (χ2v) is 6.29. The van der Waals surface area contributed by atoms with Gasteiger partial charge >= 0.3 is 0 Å². The highest BCUT2D eigenvalue weighted by Gasteiger charge is 2.30. The molecule has 1 heterocycles. The van der Waals surface area contributed by atoms with Crippen LogP contribution < -0.4 is 16.0 Å². The van der Waals surface area contributed by atoms with Crippen LogP contribution in [0.25, 0.3) is 0 Å². The zero-order valence-corrected chi connectivity index (χ0v) is 15.0. The number of hydrogen-bond acceptors (Lipinski definition) is 4. The largest absolute Gasteiger partial charge is 0.351 e. The number of amides is 1. The Labute approximate surface area is 159 Å². The minimum Gasteiger partial charge on any atom is -0.351 e. The Morgan fingerprint density at radius 2 is 1.96 bits per heavy atom. The zero-order valence-electron chi connectivity index (χ0n) is 14.2. The van der Waals surface area contributed by atoms with E-state index in [0.29, 0.717) is 27.6 Å². The summed E-state index contributed by atoms with van der Waals surface area (Å²) in [5.74, 6) is -0.857. The number of carbonyl (C=O) groups is 1. The van der Waals surface area contributed by atoms with Gasteiger partial charge in [0.25, 0.3) is 11.6 Å². The molecule has 0 saturated heterocycles. The fourth-order valence-electron chi connectivity index (χ4n) is 2.80. The minimum atomic E-state index is -0.632. The van der Waals surface area contributed by atoms with Crippen molar-refractivity contribution in [2.24, 2.45) is 0 Å². The molecule has 1 amide bonds. The molecule has 0 bridgehead atoms. The van der Waals surface area contributed by atoms with E-state index >= 15 is 0 Å². The summed E-state index contributed by atoms with van der Waals surface area (Å²) >= 11 is 5.15. The van der Waals surface area contributed by atoms with Crippen molar-refractivity contribution in [2.75, 3.05) is 5.32 Å². The predicted octanol–water partition coefficient (Wildman–Crippen LogP) is 3.17. The molecule has 2 aromatic rings. The van der Waals surface area contributed by atoms with Crippen molar-refractivity contribution in [3.05, 3.63) is 81.3 Å². The van der Waals surface area contributed by atoms with Gasteiger partial charge in [0.1, 0.15) is 5.82 Å². The van der Waals surface area contributed by atoms with Crippen LogP contribution in [0, 0.1) is 15.9 Å². The summed E-state index contributed by atoms with van der Waals surface area (Å²) < 4.78 is 13.6. The van der Waals surface area contributed by atoms with Crippen LogP contribution >= 0.6 is 12.2 Å². The van der Waals surface area contributed by atoms with Gasteiger partial charge < -0.3 is 16.0 Å². The van der Waals surface area contributed by atoms with Crippen molar-refractivity contribution in [3.63, 3.8) is 0 Å². The first-order chi connectivity index (χ1) is 12.8. The SMILES string of the molecule is CC1=C(C(=O)Nc2ccc([N+](=O)[O-])cc2)[C@H](c2cccc(F)c2)NC(=S)N1. The summed E-state index contributed by atoms with van der Waals surface area (Å²) in [6.07, 6.45) is 0. The Balaban J connectivity index is 1.90. The first kappa shape index (κ1) is 18.5. The van der Waals surface area contributed by atoms with Crippen molar-refractivity contribution >= 4 is 34.6 Å². The molecule has 0 radical (unpaired) electrons. The topological polar surface area (TPSA) is 96.3 Å². The summed E-state index contributed by atoms with van der Waals surface area (Å²) in [6.45, 7) is 1.70. The second kappa shape index (κ2) is 7.50. The van der Waals surface area contributed by atoms with Crippen LogP contribution in [0.1, 0.15) is 18.5 Å². The fraction of sp³-hybridized carbons (Fsp3) is 0.111. The molecule has 3 N–H and O–H groups in total. The van der Waals surface area contributed by atoms with E-state index in [2.05, 4.69) is 16.0 Å². The van der Waals surface area contributed by atoms with Crippen molar-refractivity contribution in [1.29, 1.82) is 0 Å². The Bertz CT molecular complexity index is 959. The van der Waals surface area contributed by atoms with Gasteiger partial charge in [-0.2, -0.15) is 0 Å². The smallest absolute Gasteiger partial charge is 0.269 e. The highest BCUT2D eigenvalue weighted by molar-refractivity contribution is 7.80. The second-order valence-electron chi connectivity index (χ2n) is 5.88. The number of benzene rings is 2. The number of nitro benzene ring substituents is 1. The van der Waals surface area contributed by atoms with E-state index < -0.39 is 22.7 Å². The monoisotopic (exact) mass is 386 g/mol. The van der Waals surface area contributed by atoms with E-state index in [-0.39, 0.29) is 5.69 Å². The van der Waals surface area contributed by atoms with Gasteiger partial charge in [0, 0.05) is 23.5 Å². The summed E-state index contributed by atoms with van der Waals surface area (Å²) in [6, 6.07) is 10.7. The number of hydrogen-bond donors (Lipinski definition) is 3. The molecular weight excluding hydrogens is 371 g/mol. The first-order valence-corrected chi connectivity index (χ1v) is 8.35. The predicted molar refractivity (Wildman–Crippen MR) is 102 cm³/mol. The molecular formula is C18H15FN4O3S. The lowest BCUT2D eigenvalue weighted by molar-refractivity contribution is -0.384. The van der Waals surface area contributed by atoms with Gasteiger partial charge in [-0.25, -0.2) is 4.39 Å². The number of nitrogens with zero attached hydrogens (tertiary/aromatic N) is 1. The molecule has 9 heteroatoms. The number of allylic oxidation sites excluding steroid dienone is 1.